The van der Waals surface area contributed by atoms with E-state index in [0.717, 1.165) is 27.8 Å². The Kier molecular flexibility index (Phi) is 28.7. The third kappa shape index (κ3) is 19.7. The van der Waals surface area contributed by atoms with Crippen molar-refractivity contribution in [1.82, 2.24) is 43.5 Å². The van der Waals surface area contributed by atoms with Crippen molar-refractivity contribution < 1.29 is 104 Å². The van der Waals surface area contributed by atoms with Crippen molar-refractivity contribution in [3.8, 4) is 17.2 Å². The van der Waals surface area contributed by atoms with Crippen LogP contribution in [-0.2, 0) is 96.4 Å². The molecular weight excluding hydrogens is 1530 g/mol. The number of fused-ring (bicyclic) bond motifs is 6. The van der Waals surface area contributed by atoms with Gasteiger partial charge in [-0.1, -0.05) is 104 Å². The number of hydrogen-bond donors (Lipinski definition) is 2. The number of ketones is 3. The van der Waals surface area contributed by atoms with Gasteiger partial charge in [-0.15, -0.1) is 0 Å². The van der Waals surface area contributed by atoms with Gasteiger partial charge in [0.15, 0.2) is 51.7 Å². The van der Waals surface area contributed by atoms with Gasteiger partial charge >= 0.3 is 11.9 Å². The summed E-state index contributed by atoms with van der Waals surface area (Å²) in [5.41, 5.74) is 1.63. The van der Waals surface area contributed by atoms with E-state index in [4.69, 9.17) is 9.47 Å². The normalized spacial score (nSPS) is 15.9. The van der Waals surface area contributed by atoms with E-state index in [0.29, 0.717) is 65.1 Å². The molecule has 2 N–H and O–H groups in total. The number of rotatable bonds is 18. The van der Waals surface area contributed by atoms with E-state index in [2.05, 4.69) is 10.1 Å². The van der Waals surface area contributed by atoms with E-state index in [1.165, 1.54) is 92.2 Å². The first-order chi connectivity index (χ1) is 51.7. The number of hydrogen-bond acceptors (Lipinski definition) is 18. The van der Waals surface area contributed by atoms with Crippen molar-refractivity contribution >= 4 is 58.8 Å². The zero-order valence-corrected chi connectivity index (χ0v) is 62.2. The summed E-state index contributed by atoms with van der Waals surface area (Å²) in [4.78, 5) is 169. The van der Waals surface area contributed by atoms with Crippen molar-refractivity contribution in [2.24, 2.45) is 0 Å². The number of carbonyl (C=O) groups excluding carboxylic acids is 10. The van der Waals surface area contributed by atoms with Crippen LogP contribution in [0.25, 0.3) is 0 Å². The second-order valence-electron chi connectivity index (χ2n) is 26.3. The first-order valence-corrected chi connectivity index (χ1v) is 34.8. The number of amides is 5. The van der Waals surface area contributed by atoms with Gasteiger partial charge in [-0.25, -0.2) is 13.2 Å². The fourth-order valence-electron chi connectivity index (χ4n) is 13.6. The molecule has 590 valence electrons. The number of aromatic hydroxyl groups is 1. The minimum absolute atomic E-state index is 0. The smallest absolute Gasteiger partial charge is 0.310 e. The van der Waals surface area contributed by atoms with Gasteiger partial charge < -0.3 is 66.4 Å². The summed E-state index contributed by atoms with van der Waals surface area (Å²) in [5.74, 6) is -6.04. The number of aromatic nitrogens is 3. The second-order valence-corrected chi connectivity index (χ2v) is 26.3. The Balaban J connectivity index is 0.000000249. The quantitative estimate of drug-likeness (QED) is 0.0267. The van der Waals surface area contributed by atoms with Crippen molar-refractivity contribution in [1.29, 1.82) is 0 Å². The van der Waals surface area contributed by atoms with Crippen LogP contribution in [0.4, 0.5) is 13.2 Å². The molecule has 3 unspecified atom stereocenters. The number of benzene rings is 5. The average Bonchev–Trinajstić information content (AvgIpc) is 1.73. The van der Waals surface area contributed by atoms with Crippen LogP contribution in [0, 0.1) is 24.9 Å². The molecule has 3 fully saturated rings. The molecule has 6 aliphatic heterocycles. The van der Waals surface area contributed by atoms with Gasteiger partial charge in [0.1, 0.15) is 49.2 Å². The molecule has 5 aromatic carbocycles. The molecule has 9 heterocycles. The maximum absolute atomic E-state index is 13.5. The Morgan fingerprint density at radius 3 is 1.16 bits per heavy atom. The summed E-state index contributed by atoms with van der Waals surface area (Å²) < 4.78 is 59.8. The second kappa shape index (κ2) is 37.6. The molecule has 5 amide bonds. The molecule has 14 rings (SSSR count). The van der Waals surface area contributed by atoms with Crippen LogP contribution in [0.2, 0.25) is 0 Å². The molecule has 3 atom stereocenters. The average molecular weight is 1620 g/mol. The number of ether oxygens (including phenoxy) is 3. The van der Waals surface area contributed by atoms with Gasteiger partial charge in [0.05, 0.1) is 36.3 Å². The number of nitrogens with one attached hydrogen (secondary N) is 1. The van der Waals surface area contributed by atoms with Gasteiger partial charge in [0.2, 0.25) is 28.1 Å². The van der Waals surface area contributed by atoms with E-state index < -0.39 is 69.7 Å². The Labute approximate surface area is 653 Å². The Hall–Kier alpha value is -11.7. The van der Waals surface area contributed by atoms with Crippen LogP contribution in [0.5, 0.6) is 17.2 Å². The van der Waals surface area contributed by atoms with Crippen molar-refractivity contribution in [2.75, 3.05) is 39.3 Å². The molecule has 0 radical (unpaired) electrons. The molecule has 111 heavy (non-hydrogen) atoms. The predicted molar refractivity (Wildman–Crippen MR) is 399 cm³/mol. The molecule has 30 heteroatoms. The van der Waals surface area contributed by atoms with Crippen molar-refractivity contribution in [3.05, 3.63) is 269 Å². The summed E-state index contributed by atoms with van der Waals surface area (Å²) in [7, 11) is 0. The molecule has 3 saturated heterocycles. The maximum Gasteiger partial charge on any atom is 0.310 e. The minimum Gasteiger partial charge on any atom is -1.00 e. The summed E-state index contributed by atoms with van der Waals surface area (Å²) in [6, 6.07) is 36.0. The number of Topliss-reactive ketones (excluding diaryl/α,β-unsaturated/α-hetero) is 3. The van der Waals surface area contributed by atoms with Crippen LogP contribution < -0.4 is 31.1 Å². The number of pyridine rings is 3. The van der Waals surface area contributed by atoms with Gasteiger partial charge in [-0.05, 0) is 83.5 Å². The number of aryl methyl sites for hydroxylation is 3. The van der Waals surface area contributed by atoms with Crippen LogP contribution in [0.3, 0.4) is 0 Å². The topological polar surface area (TPSA) is 313 Å². The molecule has 8 aromatic rings. The maximum atomic E-state index is 13.5. The molecule has 26 nitrogen and oxygen atoms in total. The van der Waals surface area contributed by atoms with E-state index in [-0.39, 0.29) is 176 Å². The van der Waals surface area contributed by atoms with Gasteiger partial charge in [-0.3, -0.25) is 67.6 Å². The SMILES string of the molecule is C.CC(=O)N1CCN2C(=O)c3c(O)c(=O)c(C(=O)CCc4ccc(F)cc4)cn3CC12.CC(=O)N1CCN2C(=O)c3c(OCc4ccccc4)c(=O)c(C(=O)CCc4ccc(F)cc4)cn3CC12.CC(=O)OC(C)=O.O=C(CCc1ccc(F)cc1)c1cn2c(c(OCc3ccccc3)c1=O)C(=O)N1CCNC1C2.[CH3-].[H-].[HH].[Pd]. The molecule has 3 aromatic heterocycles. The third-order valence-corrected chi connectivity index (χ3v) is 19.0. The molecular formula is C81H86F3N9O17Pd-2. The first-order valence-electron chi connectivity index (χ1n) is 34.8. The largest absolute Gasteiger partial charge is 1.00 e. The first kappa shape index (κ1) is 84.9. The van der Waals surface area contributed by atoms with E-state index in [1.807, 2.05) is 60.7 Å². The Bertz CT molecular complexity index is 5030. The van der Waals surface area contributed by atoms with Crippen molar-refractivity contribution in [3.63, 3.8) is 0 Å². The Morgan fingerprint density at radius 1 is 0.459 bits per heavy atom. The van der Waals surface area contributed by atoms with Crippen LogP contribution in [0.1, 0.15) is 148 Å². The predicted octanol–water partition coefficient (Wildman–Crippen LogP) is 8.48. The van der Waals surface area contributed by atoms with Crippen LogP contribution >= 0.6 is 0 Å². The van der Waals surface area contributed by atoms with Gasteiger partial charge in [-0.2, -0.15) is 0 Å². The monoisotopic (exact) mass is 1620 g/mol. The molecule has 0 aliphatic carbocycles. The summed E-state index contributed by atoms with van der Waals surface area (Å²) in [6.45, 7) is 8.83. The summed E-state index contributed by atoms with van der Waals surface area (Å²) in [6.07, 6.45) is 4.07. The number of nitrogens with zero attached hydrogens (tertiary/aromatic N) is 8. The van der Waals surface area contributed by atoms with E-state index >= 15 is 0 Å². The zero-order valence-electron chi connectivity index (χ0n) is 61.7. The fourth-order valence-corrected chi connectivity index (χ4v) is 13.6. The van der Waals surface area contributed by atoms with E-state index in [9.17, 15) is 80.6 Å². The third-order valence-electron chi connectivity index (χ3n) is 19.0. The van der Waals surface area contributed by atoms with Crippen LogP contribution in [-0.4, -0.2) is 160 Å². The summed E-state index contributed by atoms with van der Waals surface area (Å²) >= 11 is 0. The zero-order chi connectivity index (χ0) is 77.2. The fraction of sp³-hybridized carbons (Fsp3) is 0.309. The number of carbonyl (C=O) groups is 10. The number of halogens is 3. The minimum atomic E-state index is -0.889. The molecule has 0 saturated carbocycles. The van der Waals surface area contributed by atoms with Crippen molar-refractivity contribution in [2.45, 2.75) is 125 Å². The standard InChI is InChI=1S/C28H26FN3O5.C26H24FN3O4.C21H20FN3O5.C4H6O3.CH4.CH3.Pd.H2.H/c1-18(33)31-13-14-32-24(31)16-30-15-22(23(34)12-9-19-7-10-21(29)11-8-19)26(35)27(25(30)28(32)36)37-17-20-5-3-2-4-6-20;27-19-9-6-17(7-10-19)8-11-21(31)20-14-29-15-22-28-12-13-30(22)26(33)23(29)25(24(20)32)34-16-18-4-2-1-3-5-18;1-12(26)24-8-9-25-17(24)11-23-10-15(19(28)20(29)18(23)21(25)30)16(27)7-4-13-2-5-14(22)6-3-13;1-3(5)7-4(2)6;;;;;/h2-8,10-11,15,24H,9,12-14,16-17H2,1H3;1-7,9-10,14,22,28H,8,11-13,15-16H2;2-3,5-6,10,17,29H,4,7-9,11H2,1H3;1-2H3;1H4;1H3;;1H;/q;;;;;-1;;;-1. The Morgan fingerprint density at radius 2 is 0.802 bits per heavy atom. The van der Waals surface area contributed by atoms with Gasteiger partial charge in [0.25, 0.3) is 17.7 Å². The van der Waals surface area contributed by atoms with E-state index in [1.54, 1.807) is 65.1 Å². The molecule has 6 aliphatic rings. The molecule has 0 spiro atoms. The van der Waals surface area contributed by atoms with Crippen LogP contribution in [0.15, 0.2) is 166 Å². The van der Waals surface area contributed by atoms with Gasteiger partial charge in [0, 0.05) is 127 Å². The summed E-state index contributed by atoms with van der Waals surface area (Å²) in [5, 5.41) is 13.7. The number of esters is 2. The molecule has 0 bridgehead atoms.